The molecule has 0 bridgehead atoms. The Kier molecular flexibility index (Phi) is 4.83. The van der Waals surface area contributed by atoms with Gasteiger partial charge in [-0.2, -0.15) is 9.71 Å². The number of hydrogen-bond donors (Lipinski definition) is 1. The number of pyridine rings is 1. The number of rotatable bonds is 4. The van der Waals surface area contributed by atoms with Gasteiger partial charge < -0.3 is 4.52 Å². The van der Waals surface area contributed by atoms with Crippen molar-refractivity contribution in [2.24, 2.45) is 0 Å². The van der Waals surface area contributed by atoms with Crippen LogP contribution in [0.3, 0.4) is 0 Å². The van der Waals surface area contributed by atoms with Crippen molar-refractivity contribution in [3.8, 4) is 0 Å². The third kappa shape index (κ3) is 3.42. The molecule has 0 atom stereocenters. The first-order valence-corrected chi connectivity index (χ1v) is 9.73. The van der Waals surface area contributed by atoms with E-state index >= 15 is 0 Å². The van der Waals surface area contributed by atoms with Crippen LogP contribution in [0.15, 0.2) is 21.6 Å². The summed E-state index contributed by atoms with van der Waals surface area (Å²) < 4.78 is 33.5. The van der Waals surface area contributed by atoms with Crippen molar-refractivity contribution in [2.45, 2.75) is 49.5 Å². The second-order valence-corrected chi connectivity index (χ2v) is 8.20. The van der Waals surface area contributed by atoms with E-state index in [1.165, 1.54) is 12.1 Å². The lowest BCUT2D eigenvalue weighted by molar-refractivity contribution is 0.248. The van der Waals surface area contributed by atoms with Crippen molar-refractivity contribution in [1.29, 1.82) is 0 Å². The average Bonchev–Trinajstić information content (AvgIpc) is 2.94. The number of halogens is 2. The molecule has 0 aliphatic heterocycles. The van der Waals surface area contributed by atoms with Crippen molar-refractivity contribution >= 4 is 33.2 Å². The van der Waals surface area contributed by atoms with E-state index in [9.17, 15) is 8.42 Å². The van der Waals surface area contributed by atoms with Gasteiger partial charge in [0.2, 0.25) is 15.9 Å². The second-order valence-electron chi connectivity index (χ2n) is 5.81. The molecule has 3 rings (SSSR count). The van der Waals surface area contributed by atoms with Crippen molar-refractivity contribution < 1.29 is 12.9 Å². The van der Waals surface area contributed by atoms with Crippen LogP contribution in [-0.4, -0.2) is 23.5 Å². The smallest absolute Gasteiger partial charge is 0.244 e. The minimum absolute atomic E-state index is 0.125. The van der Waals surface area contributed by atoms with Gasteiger partial charge in [-0.05, 0) is 25.0 Å². The number of hydrogen-bond acceptors (Lipinski definition) is 6. The summed E-state index contributed by atoms with van der Waals surface area (Å²) in [7, 11) is -3.93. The zero-order valence-corrected chi connectivity index (χ0v) is 15.2. The van der Waals surface area contributed by atoms with Gasteiger partial charge in [-0.1, -0.05) is 47.6 Å². The van der Waals surface area contributed by atoms with Crippen LogP contribution in [0.25, 0.3) is 0 Å². The van der Waals surface area contributed by atoms with Crippen molar-refractivity contribution in [3.63, 3.8) is 0 Å². The molecule has 2 heterocycles. The first kappa shape index (κ1) is 17.6. The molecule has 0 unspecified atom stereocenters. The van der Waals surface area contributed by atoms with Gasteiger partial charge in [0, 0.05) is 6.92 Å². The lowest BCUT2D eigenvalue weighted by Crippen LogP contribution is -2.48. The quantitative estimate of drug-likeness (QED) is 0.804. The van der Waals surface area contributed by atoms with Crippen molar-refractivity contribution in [2.75, 3.05) is 0 Å². The second kappa shape index (κ2) is 6.59. The monoisotopic (exact) mass is 390 g/mol. The fourth-order valence-corrected chi connectivity index (χ4v) is 5.02. The summed E-state index contributed by atoms with van der Waals surface area (Å²) in [6.07, 6.45) is 3.93. The summed E-state index contributed by atoms with van der Waals surface area (Å²) in [5, 5.41) is 3.89. The Morgan fingerprint density at radius 2 is 1.88 bits per heavy atom. The van der Waals surface area contributed by atoms with E-state index < -0.39 is 15.6 Å². The number of nitrogens with zero attached hydrogens (tertiary/aromatic N) is 3. The number of aryl methyl sites for hydroxylation is 1. The molecule has 0 amide bonds. The molecule has 0 spiro atoms. The molecule has 0 radical (unpaired) electrons. The molecule has 1 aliphatic carbocycles. The molecule has 130 valence electrons. The van der Waals surface area contributed by atoms with E-state index in [0.717, 1.165) is 19.3 Å². The number of nitrogens with one attached hydrogen (secondary N) is 1. The van der Waals surface area contributed by atoms with Gasteiger partial charge >= 0.3 is 0 Å². The lowest BCUT2D eigenvalue weighted by Gasteiger charge is -2.34. The van der Waals surface area contributed by atoms with Gasteiger partial charge in [-0.15, -0.1) is 0 Å². The van der Waals surface area contributed by atoms with E-state index in [1.807, 2.05) is 0 Å². The highest BCUT2D eigenvalue weighted by Gasteiger charge is 2.42. The molecule has 10 heteroatoms. The first-order chi connectivity index (χ1) is 11.3. The van der Waals surface area contributed by atoms with Gasteiger partial charge in [0.1, 0.15) is 10.0 Å². The zero-order chi connectivity index (χ0) is 17.4. The normalized spacial score (nSPS) is 17.8. The third-order valence-electron chi connectivity index (χ3n) is 4.06. The van der Waals surface area contributed by atoms with E-state index in [-0.39, 0.29) is 15.2 Å². The molecule has 1 saturated carbocycles. The van der Waals surface area contributed by atoms with Crippen LogP contribution in [0, 0.1) is 6.92 Å². The average molecular weight is 391 g/mol. The van der Waals surface area contributed by atoms with Crippen LogP contribution < -0.4 is 4.72 Å². The molecular formula is C14H16Cl2N4O3S. The number of sulfonamides is 1. The predicted octanol–water partition coefficient (Wildman–Crippen LogP) is 3.22. The highest BCUT2D eigenvalue weighted by atomic mass is 35.5. The predicted molar refractivity (Wildman–Crippen MR) is 88.4 cm³/mol. The molecule has 1 N–H and O–H groups in total. The minimum atomic E-state index is -3.93. The lowest BCUT2D eigenvalue weighted by atomic mass is 9.82. The molecule has 2 aromatic rings. The Hall–Kier alpha value is -1.22. The summed E-state index contributed by atoms with van der Waals surface area (Å²) in [5.41, 5.74) is -0.905. The topological polar surface area (TPSA) is 98.0 Å². The van der Waals surface area contributed by atoms with E-state index in [1.54, 1.807) is 6.92 Å². The Morgan fingerprint density at radius 3 is 2.46 bits per heavy atom. The van der Waals surface area contributed by atoms with Gasteiger partial charge in [0.05, 0.1) is 5.54 Å². The zero-order valence-electron chi connectivity index (χ0n) is 12.9. The fraction of sp³-hybridized carbons (Fsp3) is 0.500. The van der Waals surface area contributed by atoms with E-state index in [2.05, 4.69) is 19.8 Å². The maximum Gasteiger partial charge on any atom is 0.244 e. The molecule has 7 nitrogen and oxygen atoms in total. The highest BCUT2D eigenvalue weighted by molar-refractivity contribution is 7.89. The maximum absolute atomic E-state index is 12.9. The van der Waals surface area contributed by atoms with E-state index in [0.29, 0.717) is 24.6 Å². The molecule has 1 fully saturated rings. The van der Waals surface area contributed by atoms with Gasteiger partial charge in [0.25, 0.3) is 0 Å². The Labute approximate surface area is 149 Å². The first-order valence-electron chi connectivity index (χ1n) is 7.49. The fourth-order valence-electron chi connectivity index (χ4n) is 2.93. The summed E-state index contributed by atoms with van der Waals surface area (Å²) >= 11 is 11.7. The summed E-state index contributed by atoms with van der Waals surface area (Å²) in [4.78, 5) is 7.91. The summed E-state index contributed by atoms with van der Waals surface area (Å²) in [6.45, 7) is 1.67. The van der Waals surface area contributed by atoms with Gasteiger partial charge in [-0.25, -0.2) is 13.4 Å². The largest absolute Gasteiger partial charge is 0.340 e. The highest BCUT2D eigenvalue weighted by Crippen LogP contribution is 2.37. The SMILES string of the molecule is Cc1nc(C2(NS(=O)(=O)c3ccc(Cl)nc3Cl)CCCCC2)no1. The molecule has 24 heavy (non-hydrogen) atoms. The molecule has 0 aromatic carbocycles. The molecular weight excluding hydrogens is 375 g/mol. The molecule has 2 aromatic heterocycles. The van der Waals surface area contributed by atoms with Crippen LogP contribution >= 0.6 is 23.2 Å². The summed E-state index contributed by atoms with van der Waals surface area (Å²) in [5.74, 6) is 0.738. The van der Waals surface area contributed by atoms with Gasteiger partial charge in [0.15, 0.2) is 11.0 Å². The van der Waals surface area contributed by atoms with Crippen LogP contribution in [-0.2, 0) is 15.6 Å². The van der Waals surface area contributed by atoms with Crippen molar-refractivity contribution in [3.05, 3.63) is 34.2 Å². The molecule has 0 saturated heterocycles. The van der Waals surface area contributed by atoms with Crippen LogP contribution in [0.2, 0.25) is 10.3 Å². The van der Waals surface area contributed by atoms with Crippen LogP contribution in [0.1, 0.15) is 43.8 Å². The Balaban J connectivity index is 2.00. The van der Waals surface area contributed by atoms with Crippen LogP contribution in [0.4, 0.5) is 0 Å². The van der Waals surface area contributed by atoms with E-state index in [4.69, 9.17) is 27.7 Å². The van der Waals surface area contributed by atoms with Crippen molar-refractivity contribution in [1.82, 2.24) is 19.8 Å². The molecule has 1 aliphatic rings. The third-order valence-corrected chi connectivity index (χ3v) is 6.24. The maximum atomic E-state index is 12.9. The number of aromatic nitrogens is 3. The summed E-state index contributed by atoms with van der Waals surface area (Å²) in [6, 6.07) is 2.71. The standard InChI is InChI=1S/C14H16Cl2N4O3S/c1-9-17-13(19-23-9)14(7-3-2-4-8-14)20-24(21,22)10-5-6-11(15)18-12(10)16/h5-6,20H,2-4,7-8H2,1H3. The van der Waals surface area contributed by atoms with Crippen LogP contribution in [0.5, 0.6) is 0 Å². The Bertz CT molecular complexity index is 847. The Morgan fingerprint density at radius 1 is 1.17 bits per heavy atom. The minimum Gasteiger partial charge on any atom is -0.340 e. The van der Waals surface area contributed by atoms with Gasteiger partial charge in [-0.3, -0.25) is 0 Å².